The van der Waals surface area contributed by atoms with Gasteiger partial charge in [0.1, 0.15) is 17.2 Å². The topological polar surface area (TPSA) is 45.7 Å². The second-order valence-corrected chi connectivity index (χ2v) is 9.81. The lowest BCUT2D eigenvalue weighted by Crippen LogP contribution is -2.39. The fourth-order valence-corrected chi connectivity index (χ4v) is 5.48. The van der Waals surface area contributed by atoms with Gasteiger partial charge in [-0.15, -0.1) is 11.8 Å². The Labute approximate surface area is 198 Å². The molecule has 0 atom stereocenters. The van der Waals surface area contributed by atoms with Gasteiger partial charge in [0, 0.05) is 49.3 Å². The first-order chi connectivity index (χ1) is 16.0. The summed E-state index contributed by atoms with van der Waals surface area (Å²) in [6.07, 6.45) is 0.968. The van der Waals surface area contributed by atoms with Gasteiger partial charge in [0.05, 0.1) is 17.9 Å². The molecule has 0 aliphatic carbocycles. The molecule has 1 amide bonds. The molecule has 2 aromatic carbocycles. The van der Waals surface area contributed by atoms with Gasteiger partial charge in [0.25, 0.3) is 0 Å². The number of carbonyl (C=O) groups is 1. The number of nitrogens with zero attached hydrogens (tertiary/aromatic N) is 3. The van der Waals surface area contributed by atoms with Crippen molar-refractivity contribution in [3.63, 3.8) is 0 Å². The first-order valence-corrected chi connectivity index (χ1v) is 12.5. The van der Waals surface area contributed by atoms with Gasteiger partial charge in [0.2, 0.25) is 5.91 Å². The van der Waals surface area contributed by atoms with Crippen LogP contribution < -0.4 is 4.90 Å². The monoisotopic (exact) mass is 495 g/mol. The summed E-state index contributed by atoms with van der Waals surface area (Å²) in [6, 6.07) is 8.16. The molecule has 0 unspecified atom stereocenters. The number of aromatic nitrogens is 1. The number of fused-ring (bicyclic) bond motifs is 1. The molecular weight excluding hydrogens is 471 g/mol. The summed E-state index contributed by atoms with van der Waals surface area (Å²) in [7, 11) is 0. The molecule has 3 aromatic rings. The van der Waals surface area contributed by atoms with E-state index in [0.717, 1.165) is 48.4 Å². The van der Waals surface area contributed by atoms with E-state index >= 15 is 0 Å². The molecule has 0 radical (unpaired) electrons. The zero-order chi connectivity index (χ0) is 23.2. The molecule has 0 spiro atoms. The number of benzene rings is 2. The third kappa shape index (κ3) is 6.47. The highest BCUT2D eigenvalue weighted by atomic mass is 32.2. The van der Waals surface area contributed by atoms with Crippen molar-refractivity contribution < 1.29 is 22.7 Å². The Morgan fingerprint density at radius 3 is 2.64 bits per heavy atom. The molecule has 0 N–H and O–H groups in total. The number of carbonyl (C=O) groups excluding carboxylic acids is 1. The zero-order valence-electron chi connectivity index (χ0n) is 17.9. The molecule has 0 bridgehead atoms. The minimum absolute atomic E-state index is 0.0723. The molecule has 1 saturated heterocycles. The molecule has 2 heterocycles. The van der Waals surface area contributed by atoms with Crippen LogP contribution in [0.5, 0.6) is 0 Å². The second-order valence-electron chi connectivity index (χ2n) is 7.64. The molecule has 10 heteroatoms. The highest BCUT2D eigenvalue weighted by Crippen LogP contribution is 2.32. The lowest BCUT2D eigenvalue weighted by Gasteiger charge is -2.27. The van der Waals surface area contributed by atoms with Crippen LogP contribution in [0.4, 0.5) is 18.3 Å². The van der Waals surface area contributed by atoms with Crippen LogP contribution in [0.1, 0.15) is 12.8 Å². The predicted molar refractivity (Wildman–Crippen MR) is 126 cm³/mol. The van der Waals surface area contributed by atoms with Crippen molar-refractivity contribution in [2.45, 2.75) is 17.7 Å². The van der Waals surface area contributed by atoms with E-state index in [1.54, 1.807) is 17.0 Å². The third-order valence-corrected chi connectivity index (χ3v) is 7.33. The average molecular weight is 496 g/mol. The second kappa shape index (κ2) is 11.3. The highest BCUT2D eigenvalue weighted by Gasteiger charge is 2.22. The van der Waals surface area contributed by atoms with Crippen LogP contribution in [0.3, 0.4) is 0 Å². The van der Waals surface area contributed by atoms with Gasteiger partial charge in [-0.1, -0.05) is 11.3 Å². The molecule has 1 aliphatic rings. The summed E-state index contributed by atoms with van der Waals surface area (Å²) in [4.78, 5) is 22.2. The lowest BCUT2D eigenvalue weighted by molar-refractivity contribution is -0.118. The molecule has 176 valence electrons. The van der Waals surface area contributed by atoms with Gasteiger partial charge < -0.3 is 4.74 Å². The van der Waals surface area contributed by atoms with Crippen LogP contribution in [0.2, 0.25) is 0 Å². The quantitative estimate of drug-likeness (QED) is 0.393. The van der Waals surface area contributed by atoms with Crippen LogP contribution >= 0.6 is 23.1 Å². The van der Waals surface area contributed by atoms with Crippen LogP contribution in [0.15, 0.2) is 41.3 Å². The molecule has 1 fully saturated rings. The van der Waals surface area contributed by atoms with Crippen molar-refractivity contribution in [1.82, 2.24) is 9.88 Å². The number of halogens is 3. The van der Waals surface area contributed by atoms with Crippen molar-refractivity contribution in [3.05, 3.63) is 53.8 Å². The zero-order valence-corrected chi connectivity index (χ0v) is 19.6. The van der Waals surface area contributed by atoms with Gasteiger partial charge in [-0.25, -0.2) is 18.2 Å². The first kappa shape index (κ1) is 24.0. The van der Waals surface area contributed by atoms with E-state index in [4.69, 9.17) is 4.74 Å². The molecule has 33 heavy (non-hydrogen) atoms. The van der Waals surface area contributed by atoms with E-state index in [2.05, 4.69) is 9.88 Å². The molecule has 5 nitrogen and oxygen atoms in total. The predicted octanol–water partition coefficient (Wildman–Crippen LogP) is 4.95. The van der Waals surface area contributed by atoms with Crippen molar-refractivity contribution >= 4 is 44.4 Å². The Morgan fingerprint density at radius 1 is 1.12 bits per heavy atom. The Hall–Kier alpha value is -2.14. The number of thiazole rings is 1. The van der Waals surface area contributed by atoms with Gasteiger partial charge in [0.15, 0.2) is 10.9 Å². The van der Waals surface area contributed by atoms with Gasteiger partial charge in [-0.05, 0) is 36.8 Å². The Balaban J connectivity index is 1.44. The molecule has 1 aromatic heterocycles. The summed E-state index contributed by atoms with van der Waals surface area (Å²) >= 11 is 2.57. The Morgan fingerprint density at radius 2 is 1.88 bits per heavy atom. The first-order valence-electron chi connectivity index (χ1n) is 10.7. The fraction of sp³-hybridized carbons (Fsp3) is 0.391. The number of ether oxygens (including phenoxy) is 1. The number of thioether (sulfide) groups is 1. The Bertz CT molecular complexity index is 1090. The van der Waals surface area contributed by atoms with E-state index < -0.39 is 11.6 Å². The molecule has 0 saturated carbocycles. The maximum Gasteiger partial charge on any atom is 0.229 e. The SMILES string of the molecule is O=C(CCSc1ccc(F)cc1)N(CCCN1CCOCC1)c1nc2c(F)cc(F)cc2s1. The number of rotatable bonds is 9. The molecule has 4 rings (SSSR count). The van der Waals surface area contributed by atoms with Gasteiger partial charge in [-0.2, -0.15) is 0 Å². The normalized spacial score (nSPS) is 14.6. The summed E-state index contributed by atoms with van der Waals surface area (Å²) < 4.78 is 46.7. The van der Waals surface area contributed by atoms with Gasteiger partial charge >= 0.3 is 0 Å². The van der Waals surface area contributed by atoms with E-state index in [1.807, 2.05) is 0 Å². The summed E-state index contributed by atoms with van der Waals surface area (Å²) in [5, 5.41) is 0.369. The van der Waals surface area contributed by atoms with Crippen molar-refractivity contribution in [3.8, 4) is 0 Å². The maximum atomic E-state index is 14.2. The average Bonchev–Trinajstić information content (AvgIpc) is 3.22. The largest absolute Gasteiger partial charge is 0.379 e. The summed E-state index contributed by atoms with van der Waals surface area (Å²) in [6.45, 7) is 4.35. The smallest absolute Gasteiger partial charge is 0.229 e. The Kier molecular flexibility index (Phi) is 8.24. The third-order valence-electron chi connectivity index (χ3n) is 5.29. The van der Waals surface area contributed by atoms with E-state index in [1.165, 1.54) is 30.0 Å². The van der Waals surface area contributed by atoms with Gasteiger partial charge in [-0.3, -0.25) is 14.6 Å². The standard InChI is InChI=1S/C23H24F3N3O2S2/c24-16-2-4-18(5-3-16)32-13-6-21(30)29(8-1-7-28-9-11-31-12-10-28)23-27-22-19(26)14-17(25)15-20(22)33-23/h2-5,14-15H,1,6-13H2. The summed E-state index contributed by atoms with van der Waals surface area (Å²) in [5.41, 5.74) is 0.0723. The van der Waals surface area contributed by atoms with Crippen LogP contribution in [0.25, 0.3) is 10.2 Å². The van der Waals surface area contributed by atoms with Crippen molar-refractivity contribution in [1.29, 1.82) is 0 Å². The van der Waals surface area contributed by atoms with Crippen molar-refractivity contribution in [2.24, 2.45) is 0 Å². The van der Waals surface area contributed by atoms with E-state index in [0.29, 0.717) is 35.3 Å². The minimum Gasteiger partial charge on any atom is -0.379 e. The maximum absolute atomic E-state index is 14.2. The lowest BCUT2D eigenvalue weighted by atomic mass is 10.3. The number of hydrogen-bond donors (Lipinski definition) is 0. The van der Waals surface area contributed by atoms with Crippen molar-refractivity contribution in [2.75, 3.05) is 50.0 Å². The number of hydrogen-bond acceptors (Lipinski definition) is 6. The highest BCUT2D eigenvalue weighted by molar-refractivity contribution is 7.99. The molecule has 1 aliphatic heterocycles. The van der Waals surface area contributed by atoms with E-state index in [-0.39, 0.29) is 23.7 Å². The minimum atomic E-state index is -0.736. The summed E-state index contributed by atoms with van der Waals surface area (Å²) in [5.74, 6) is -1.33. The van der Waals surface area contributed by atoms with Crippen LogP contribution in [0, 0.1) is 17.5 Å². The number of morpholine rings is 1. The number of anilines is 1. The van der Waals surface area contributed by atoms with Crippen LogP contribution in [-0.2, 0) is 9.53 Å². The molecular formula is C23H24F3N3O2S2. The van der Waals surface area contributed by atoms with E-state index in [9.17, 15) is 18.0 Å². The number of amides is 1. The van der Waals surface area contributed by atoms with Crippen LogP contribution in [-0.4, -0.2) is 60.9 Å². The fourth-order valence-electron chi connectivity index (χ4n) is 3.59.